The first-order valence-electron chi connectivity index (χ1n) is 7.27. The number of nitrogens with one attached hydrogen (secondary N) is 1. The summed E-state index contributed by atoms with van der Waals surface area (Å²) in [7, 11) is 0. The Labute approximate surface area is 132 Å². The zero-order valence-corrected chi connectivity index (χ0v) is 13.1. The van der Waals surface area contributed by atoms with E-state index in [1.165, 1.54) is 12.1 Å². The minimum Gasteiger partial charge on any atom is -0.317 e. The predicted octanol–water partition coefficient (Wildman–Crippen LogP) is 3.74. The van der Waals surface area contributed by atoms with Gasteiger partial charge in [-0.1, -0.05) is 12.1 Å². The number of nitrogens with zero attached hydrogens (tertiary/aromatic N) is 3. The monoisotopic (exact) mass is 320 g/mol. The molecule has 1 aliphatic rings. The van der Waals surface area contributed by atoms with Crippen LogP contribution in [0, 0.1) is 12.7 Å². The molecule has 116 valence electrons. The Balaban J connectivity index is 1.78. The SMILES string of the molecule is Cc1nsc(NC(=O)N2CCCC[C@@H]2c2cccc(F)c2)n1. The van der Waals surface area contributed by atoms with Crippen molar-refractivity contribution in [3.05, 3.63) is 41.5 Å². The number of likely N-dealkylation sites (tertiary alicyclic amines) is 1. The molecule has 1 N–H and O–H groups in total. The van der Waals surface area contributed by atoms with Gasteiger partial charge in [0, 0.05) is 18.1 Å². The smallest absolute Gasteiger partial charge is 0.317 e. The molecule has 0 bridgehead atoms. The van der Waals surface area contributed by atoms with E-state index in [2.05, 4.69) is 14.7 Å². The normalized spacial score (nSPS) is 18.3. The first-order chi connectivity index (χ1) is 10.6. The average Bonchev–Trinajstić information content (AvgIpc) is 2.92. The quantitative estimate of drug-likeness (QED) is 0.917. The summed E-state index contributed by atoms with van der Waals surface area (Å²) in [4.78, 5) is 18.4. The van der Waals surface area contributed by atoms with Crippen molar-refractivity contribution in [2.45, 2.75) is 32.2 Å². The van der Waals surface area contributed by atoms with E-state index in [4.69, 9.17) is 0 Å². The lowest BCUT2D eigenvalue weighted by molar-refractivity contribution is 0.163. The Kier molecular flexibility index (Phi) is 4.33. The van der Waals surface area contributed by atoms with Crippen molar-refractivity contribution in [3.8, 4) is 0 Å². The van der Waals surface area contributed by atoms with Crippen LogP contribution in [0.5, 0.6) is 0 Å². The van der Waals surface area contributed by atoms with E-state index in [1.54, 1.807) is 17.9 Å². The van der Waals surface area contributed by atoms with Crippen LogP contribution in [0.15, 0.2) is 24.3 Å². The molecule has 5 nitrogen and oxygen atoms in total. The molecule has 0 spiro atoms. The summed E-state index contributed by atoms with van der Waals surface area (Å²) in [5, 5.41) is 3.28. The van der Waals surface area contributed by atoms with E-state index in [0.29, 0.717) is 17.5 Å². The largest absolute Gasteiger partial charge is 0.324 e. The molecule has 0 saturated carbocycles. The lowest BCUT2D eigenvalue weighted by Gasteiger charge is -2.35. The number of piperidine rings is 1. The number of carbonyl (C=O) groups excluding carboxylic acids is 1. The van der Waals surface area contributed by atoms with Crippen LogP contribution in [0.1, 0.15) is 36.7 Å². The summed E-state index contributed by atoms with van der Waals surface area (Å²) in [6.45, 7) is 2.44. The van der Waals surface area contributed by atoms with Crippen LogP contribution in [0.25, 0.3) is 0 Å². The number of rotatable bonds is 2. The van der Waals surface area contributed by atoms with Gasteiger partial charge in [0.15, 0.2) is 0 Å². The molecule has 1 saturated heterocycles. The number of halogens is 1. The maximum absolute atomic E-state index is 13.5. The number of urea groups is 1. The fourth-order valence-corrected chi connectivity index (χ4v) is 3.31. The Bertz CT molecular complexity index is 675. The van der Waals surface area contributed by atoms with E-state index in [-0.39, 0.29) is 17.9 Å². The van der Waals surface area contributed by atoms with Crippen LogP contribution in [-0.2, 0) is 0 Å². The third-order valence-corrected chi connectivity index (χ3v) is 4.46. The maximum atomic E-state index is 13.5. The summed E-state index contributed by atoms with van der Waals surface area (Å²) >= 11 is 1.16. The molecule has 1 fully saturated rings. The maximum Gasteiger partial charge on any atom is 0.324 e. The molecular weight excluding hydrogens is 303 g/mol. The number of aromatic nitrogens is 2. The van der Waals surface area contributed by atoms with Crippen molar-refractivity contribution in [3.63, 3.8) is 0 Å². The topological polar surface area (TPSA) is 58.1 Å². The van der Waals surface area contributed by atoms with Crippen molar-refractivity contribution in [2.24, 2.45) is 0 Å². The molecule has 2 heterocycles. The van der Waals surface area contributed by atoms with Gasteiger partial charge in [-0.2, -0.15) is 4.37 Å². The van der Waals surface area contributed by atoms with Gasteiger partial charge in [0.25, 0.3) is 0 Å². The molecule has 2 amide bonds. The average molecular weight is 320 g/mol. The summed E-state index contributed by atoms with van der Waals surface area (Å²) < 4.78 is 17.5. The molecule has 7 heteroatoms. The van der Waals surface area contributed by atoms with Gasteiger partial charge in [-0.3, -0.25) is 5.32 Å². The first kappa shape index (κ1) is 14.9. The van der Waals surface area contributed by atoms with Crippen molar-refractivity contribution in [1.29, 1.82) is 0 Å². The molecule has 1 aromatic heterocycles. The summed E-state index contributed by atoms with van der Waals surface area (Å²) in [6.07, 6.45) is 2.82. The van der Waals surface area contributed by atoms with Crippen LogP contribution in [0.4, 0.5) is 14.3 Å². The number of aryl methyl sites for hydroxylation is 1. The number of anilines is 1. The van der Waals surface area contributed by atoms with Crippen molar-refractivity contribution in [1.82, 2.24) is 14.3 Å². The fraction of sp³-hybridized carbons (Fsp3) is 0.400. The summed E-state index contributed by atoms with van der Waals surface area (Å²) in [5.41, 5.74) is 0.836. The molecule has 3 rings (SSSR count). The zero-order valence-electron chi connectivity index (χ0n) is 12.3. The summed E-state index contributed by atoms with van der Waals surface area (Å²) in [6, 6.07) is 6.17. The predicted molar refractivity (Wildman–Crippen MR) is 83.4 cm³/mol. The lowest BCUT2D eigenvalue weighted by Crippen LogP contribution is -2.41. The molecule has 1 atom stereocenters. The molecule has 0 unspecified atom stereocenters. The van der Waals surface area contributed by atoms with Crippen molar-refractivity contribution >= 4 is 22.7 Å². The molecule has 22 heavy (non-hydrogen) atoms. The van der Waals surface area contributed by atoms with Crippen molar-refractivity contribution in [2.75, 3.05) is 11.9 Å². The van der Waals surface area contributed by atoms with E-state index >= 15 is 0 Å². The molecule has 2 aromatic rings. The van der Waals surface area contributed by atoms with Crippen LogP contribution in [0.2, 0.25) is 0 Å². The zero-order chi connectivity index (χ0) is 15.5. The Hall–Kier alpha value is -2.02. The van der Waals surface area contributed by atoms with Gasteiger partial charge in [0.2, 0.25) is 5.13 Å². The molecule has 0 aliphatic carbocycles. The first-order valence-corrected chi connectivity index (χ1v) is 8.04. The van der Waals surface area contributed by atoms with Gasteiger partial charge in [-0.05, 0) is 43.9 Å². The van der Waals surface area contributed by atoms with E-state index in [1.807, 2.05) is 6.07 Å². The van der Waals surface area contributed by atoms with Crippen LogP contribution < -0.4 is 5.32 Å². The summed E-state index contributed by atoms with van der Waals surface area (Å²) in [5.74, 6) is 0.365. The van der Waals surface area contributed by atoms with E-state index < -0.39 is 0 Å². The second-order valence-corrected chi connectivity index (χ2v) is 6.09. The molecular formula is C15H17FN4OS. The van der Waals surface area contributed by atoms with Gasteiger partial charge >= 0.3 is 6.03 Å². The number of hydrogen-bond donors (Lipinski definition) is 1. The molecule has 0 radical (unpaired) electrons. The fourth-order valence-electron chi connectivity index (χ4n) is 2.75. The Morgan fingerprint density at radius 2 is 2.32 bits per heavy atom. The van der Waals surface area contributed by atoms with Crippen LogP contribution in [0.3, 0.4) is 0 Å². The van der Waals surface area contributed by atoms with Crippen molar-refractivity contribution < 1.29 is 9.18 Å². The highest BCUT2D eigenvalue weighted by molar-refractivity contribution is 7.09. The van der Waals surface area contributed by atoms with Crippen LogP contribution in [-0.4, -0.2) is 26.8 Å². The van der Waals surface area contributed by atoms with E-state index in [9.17, 15) is 9.18 Å². The highest BCUT2D eigenvalue weighted by atomic mass is 32.1. The third-order valence-electron chi connectivity index (χ3n) is 3.74. The number of benzene rings is 1. The standard InChI is InChI=1S/C15H17FN4OS/c1-10-17-14(22-19-10)18-15(21)20-8-3-2-7-13(20)11-5-4-6-12(16)9-11/h4-6,9,13H,2-3,7-8H2,1H3,(H,17,18,19,21)/t13-/m1/s1. The third kappa shape index (κ3) is 3.24. The van der Waals surface area contributed by atoms with E-state index in [0.717, 1.165) is 36.4 Å². The second-order valence-electron chi connectivity index (χ2n) is 5.34. The number of amides is 2. The van der Waals surface area contributed by atoms with Crippen LogP contribution >= 0.6 is 11.5 Å². The highest BCUT2D eigenvalue weighted by Gasteiger charge is 2.28. The van der Waals surface area contributed by atoms with Gasteiger partial charge in [0.1, 0.15) is 11.6 Å². The molecule has 1 aliphatic heterocycles. The molecule has 1 aromatic carbocycles. The minimum atomic E-state index is -0.275. The lowest BCUT2D eigenvalue weighted by atomic mass is 9.95. The van der Waals surface area contributed by atoms with Gasteiger partial charge in [-0.25, -0.2) is 14.2 Å². The second kappa shape index (κ2) is 6.39. The Morgan fingerprint density at radius 3 is 3.05 bits per heavy atom. The highest BCUT2D eigenvalue weighted by Crippen LogP contribution is 2.31. The van der Waals surface area contributed by atoms with Gasteiger partial charge in [-0.15, -0.1) is 0 Å². The number of hydrogen-bond acceptors (Lipinski definition) is 4. The van der Waals surface area contributed by atoms with Gasteiger partial charge in [0.05, 0.1) is 6.04 Å². The number of carbonyl (C=O) groups is 1. The van der Waals surface area contributed by atoms with Gasteiger partial charge < -0.3 is 4.90 Å². The minimum absolute atomic E-state index is 0.0986. The Morgan fingerprint density at radius 1 is 1.45 bits per heavy atom.